The third-order valence-corrected chi connectivity index (χ3v) is 5.59. The summed E-state index contributed by atoms with van der Waals surface area (Å²) in [5.41, 5.74) is -0.431. The third kappa shape index (κ3) is 4.66. The zero-order chi connectivity index (χ0) is 14.1. The van der Waals surface area contributed by atoms with Crippen LogP contribution < -0.4 is 0 Å². The van der Waals surface area contributed by atoms with Crippen molar-refractivity contribution < 1.29 is 18.3 Å². The number of sulfone groups is 1. The quantitative estimate of drug-likeness (QED) is 0.846. The Balaban J connectivity index is 4.83. The molecule has 0 spiro atoms. The molecule has 1 unspecified atom stereocenters. The van der Waals surface area contributed by atoms with Gasteiger partial charge in [-0.05, 0) is 32.6 Å². The topological polar surface area (TPSA) is 71.4 Å². The van der Waals surface area contributed by atoms with Crippen LogP contribution in [0.1, 0.15) is 48.0 Å². The van der Waals surface area contributed by atoms with E-state index in [-0.39, 0.29) is 12.2 Å². The Morgan fingerprint density at radius 2 is 1.53 bits per heavy atom. The SMILES string of the molecule is CC(C)(C)C(CCS(=O)(=O)C(C)(C)C)C(=O)O. The zero-order valence-electron chi connectivity index (χ0n) is 11.6. The van der Waals surface area contributed by atoms with E-state index >= 15 is 0 Å². The first-order chi connectivity index (χ1) is 7.29. The second kappa shape index (κ2) is 4.96. The highest BCUT2D eigenvalue weighted by molar-refractivity contribution is 7.92. The Labute approximate surface area is 104 Å². The van der Waals surface area contributed by atoms with Crippen LogP contribution in [0.25, 0.3) is 0 Å². The van der Waals surface area contributed by atoms with Gasteiger partial charge in [-0.2, -0.15) is 0 Å². The van der Waals surface area contributed by atoms with Crippen molar-refractivity contribution in [2.75, 3.05) is 5.75 Å². The highest BCUT2D eigenvalue weighted by Crippen LogP contribution is 2.30. The molecule has 0 heterocycles. The molecule has 17 heavy (non-hydrogen) atoms. The van der Waals surface area contributed by atoms with Crippen LogP contribution in [0.15, 0.2) is 0 Å². The van der Waals surface area contributed by atoms with Crippen molar-refractivity contribution in [2.45, 2.75) is 52.7 Å². The lowest BCUT2D eigenvalue weighted by atomic mass is 9.79. The predicted octanol–water partition coefficient (Wildman–Crippen LogP) is 2.34. The normalized spacial score (nSPS) is 15.6. The average molecular weight is 264 g/mol. The van der Waals surface area contributed by atoms with E-state index in [1.165, 1.54) is 0 Å². The monoisotopic (exact) mass is 264 g/mol. The maximum absolute atomic E-state index is 11.9. The minimum Gasteiger partial charge on any atom is -0.481 e. The van der Waals surface area contributed by atoms with Gasteiger partial charge in [0.2, 0.25) is 0 Å². The number of aliphatic carboxylic acids is 1. The summed E-state index contributed by atoms with van der Waals surface area (Å²) in [6.45, 7) is 10.3. The minimum absolute atomic E-state index is 0.0786. The van der Waals surface area contributed by atoms with Crippen molar-refractivity contribution in [2.24, 2.45) is 11.3 Å². The fourth-order valence-electron chi connectivity index (χ4n) is 1.51. The first kappa shape index (κ1) is 16.4. The molecule has 0 fully saturated rings. The van der Waals surface area contributed by atoms with Gasteiger partial charge in [-0.25, -0.2) is 8.42 Å². The van der Waals surface area contributed by atoms with Crippen molar-refractivity contribution in [3.63, 3.8) is 0 Å². The van der Waals surface area contributed by atoms with E-state index in [1.54, 1.807) is 20.8 Å². The molecular weight excluding hydrogens is 240 g/mol. The molecule has 0 rings (SSSR count). The molecule has 0 aliphatic carbocycles. The number of carboxylic acids is 1. The molecular formula is C12H24O4S. The Hall–Kier alpha value is -0.580. The number of carboxylic acid groups (broad SMARTS) is 1. The van der Waals surface area contributed by atoms with E-state index in [1.807, 2.05) is 20.8 Å². The van der Waals surface area contributed by atoms with E-state index in [4.69, 9.17) is 5.11 Å². The predicted molar refractivity (Wildman–Crippen MR) is 68.7 cm³/mol. The Kier molecular flexibility index (Phi) is 4.79. The van der Waals surface area contributed by atoms with E-state index in [0.29, 0.717) is 0 Å². The highest BCUT2D eigenvalue weighted by atomic mass is 32.2. The van der Waals surface area contributed by atoms with Crippen LogP contribution in [-0.4, -0.2) is 30.0 Å². The van der Waals surface area contributed by atoms with Gasteiger partial charge in [0.05, 0.1) is 16.4 Å². The number of hydrogen-bond acceptors (Lipinski definition) is 3. The van der Waals surface area contributed by atoms with Crippen LogP contribution in [0.5, 0.6) is 0 Å². The molecule has 0 bridgehead atoms. The van der Waals surface area contributed by atoms with Crippen molar-refractivity contribution in [1.82, 2.24) is 0 Å². The van der Waals surface area contributed by atoms with Gasteiger partial charge in [0.25, 0.3) is 0 Å². The van der Waals surface area contributed by atoms with Gasteiger partial charge < -0.3 is 5.11 Å². The van der Waals surface area contributed by atoms with E-state index in [0.717, 1.165) is 0 Å². The largest absolute Gasteiger partial charge is 0.481 e. The second-order valence-electron chi connectivity index (χ2n) is 6.48. The minimum atomic E-state index is -3.25. The zero-order valence-corrected chi connectivity index (χ0v) is 12.4. The van der Waals surface area contributed by atoms with Gasteiger partial charge >= 0.3 is 5.97 Å². The van der Waals surface area contributed by atoms with E-state index in [2.05, 4.69) is 0 Å². The molecule has 1 atom stereocenters. The molecule has 0 aromatic heterocycles. The first-order valence-corrected chi connectivity index (χ1v) is 7.39. The van der Waals surface area contributed by atoms with Crippen LogP contribution in [0.2, 0.25) is 0 Å². The van der Waals surface area contributed by atoms with E-state index < -0.39 is 31.9 Å². The van der Waals surface area contributed by atoms with Gasteiger partial charge in [-0.1, -0.05) is 20.8 Å². The summed E-state index contributed by atoms with van der Waals surface area (Å²) in [4.78, 5) is 11.1. The van der Waals surface area contributed by atoms with Gasteiger partial charge in [-0.15, -0.1) is 0 Å². The lowest BCUT2D eigenvalue weighted by Crippen LogP contribution is -2.35. The molecule has 0 amide bonds. The molecule has 0 aromatic rings. The summed E-state index contributed by atoms with van der Waals surface area (Å²) >= 11 is 0. The molecule has 102 valence electrons. The molecule has 5 heteroatoms. The number of rotatable bonds is 4. The van der Waals surface area contributed by atoms with Crippen LogP contribution in [0.3, 0.4) is 0 Å². The lowest BCUT2D eigenvalue weighted by molar-refractivity contribution is -0.145. The maximum Gasteiger partial charge on any atom is 0.307 e. The smallest absolute Gasteiger partial charge is 0.307 e. The van der Waals surface area contributed by atoms with Crippen LogP contribution in [-0.2, 0) is 14.6 Å². The molecule has 0 saturated carbocycles. The maximum atomic E-state index is 11.9. The molecule has 0 aromatic carbocycles. The summed E-state index contributed by atoms with van der Waals surface area (Å²) in [7, 11) is -3.25. The highest BCUT2D eigenvalue weighted by Gasteiger charge is 2.35. The third-order valence-electron chi connectivity index (χ3n) is 2.95. The van der Waals surface area contributed by atoms with Crippen molar-refractivity contribution >= 4 is 15.8 Å². The van der Waals surface area contributed by atoms with Gasteiger partial charge in [0.15, 0.2) is 9.84 Å². The number of hydrogen-bond donors (Lipinski definition) is 1. The summed E-state index contributed by atoms with van der Waals surface area (Å²) < 4.78 is 23.0. The fourth-order valence-corrected chi connectivity index (χ4v) is 2.66. The molecule has 0 saturated heterocycles. The van der Waals surface area contributed by atoms with Gasteiger partial charge in [0, 0.05) is 0 Å². The van der Waals surface area contributed by atoms with Crippen LogP contribution >= 0.6 is 0 Å². The summed E-state index contributed by atoms with van der Waals surface area (Å²) in [6, 6.07) is 0. The second-order valence-corrected chi connectivity index (χ2v) is 9.34. The molecule has 0 aliphatic rings. The van der Waals surface area contributed by atoms with Crippen LogP contribution in [0.4, 0.5) is 0 Å². The van der Waals surface area contributed by atoms with Crippen molar-refractivity contribution in [1.29, 1.82) is 0 Å². The molecule has 0 aliphatic heterocycles. The fraction of sp³-hybridized carbons (Fsp3) is 0.917. The lowest BCUT2D eigenvalue weighted by Gasteiger charge is -2.28. The Bertz CT molecular complexity index is 368. The molecule has 4 nitrogen and oxygen atoms in total. The Morgan fingerprint density at radius 1 is 1.12 bits per heavy atom. The van der Waals surface area contributed by atoms with Gasteiger partial charge in [-0.3, -0.25) is 4.79 Å². The summed E-state index contributed by atoms with van der Waals surface area (Å²) in [5, 5.41) is 9.11. The molecule has 1 N–H and O–H groups in total. The van der Waals surface area contributed by atoms with Gasteiger partial charge in [0.1, 0.15) is 0 Å². The van der Waals surface area contributed by atoms with Crippen molar-refractivity contribution in [3.05, 3.63) is 0 Å². The standard InChI is InChI=1S/C12H24O4S/c1-11(2,3)9(10(13)14)7-8-17(15,16)12(4,5)6/h9H,7-8H2,1-6H3,(H,13,14). The summed E-state index contributed by atoms with van der Waals surface area (Å²) in [6.07, 6.45) is 0.165. The van der Waals surface area contributed by atoms with E-state index in [9.17, 15) is 13.2 Å². The number of carbonyl (C=O) groups is 1. The average Bonchev–Trinajstić information content (AvgIpc) is 1.97. The first-order valence-electron chi connectivity index (χ1n) is 5.74. The Morgan fingerprint density at radius 3 is 1.76 bits per heavy atom. The summed E-state index contributed by atoms with van der Waals surface area (Å²) in [5.74, 6) is -1.65. The van der Waals surface area contributed by atoms with Crippen molar-refractivity contribution in [3.8, 4) is 0 Å². The molecule has 0 radical (unpaired) electrons. The van der Waals surface area contributed by atoms with Crippen LogP contribution in [0, 0.1) is 11.3 Å².